The van der Waals surface area contributed by atoms with Gasteiger partial charge in [0.1, 0.15) is 0 Å². The quantitative estimate of drug-likeness (QED) is 0.276. The first-order valence-electron chi connectivity index (χ1n) is 12.6. The minimum Gasteiger partial charge on any atom is -0.367 e. The van der Waals surface area contributed by atoms with Crippen LogP contribution in [0.5, 0.6) is 0 Å². The third-order valence-corrected chi connectivity index (χ3v) is 7.51. The maximum atomic E-state index is 4.36. The Morgan fingerprint density at radius 2 is 1.08 bits per heavy atom. The summed E-state index contributed by atoms with van der Waals surface area (Å²) in [7, 11) is 0. The zero-order valence-corrected chi connectivity index (χ0v) is 20.3. The second-order valence-electron chi connectivity index (χ2n) is 9.51. The Kier molecular flexibility index (Phi) is 4.45. The zero-order valence-electron chi connectivity index (χ0n) is 20.3. The lowest BCUT2D eigenvalue weighted by Gasteiger charge is -2.10. The monoisotopic (exact) mass is 487 g/mol. The van der Waals surface area contributed by atoms with Gasteiger partial charge in [0.05, 0.1) is 11.0 Å². The summed E-state index contributed by atoms with van der Waals surface area (Å²) in [5.41, 5.74) is 10.6. The van der Waals surface area contributed by atoms with Crippen molar-refractivity contribution in [1.82, 2.24) is 24.5 Å². The van der Waals surface area contributed by atoms with Crippen LogP contribution in [0.1, 0.15) is 0 Å². The normalized spacial score (nSPS) is 11.7. The Balaban J connectivity index is 1.19. The number of pyridine rings is 4. The van der Waals surface area contributed by atoms with Gasteiger partial charge in [0.15, 0.2) is 0 Å². The molecule has 8 rings (SSSR count). The molecule has 38 heavy (non-hydrogen) atoms. The maximum Gasteiger partial charge on any atom is 0.0572 e. The van der Waals surface area contributed by atoms with Crippen LogP contribution in [0.15, 0.2) is 122 Å². The first-order chi connectivity index (χ1) is 18.9. The van der Waals surface area contributed by atoms with Gasteiger partial charge in [-0.1, -0.05) is 36.4 Å². The molecule has 5 nitrogen and oxygen atoms in total. The highest BCUT2D eigenvalue weighted by Crippen LogP contribution is 2.44. The Hall–Kier alpha value is -5.29. The van der Waals surface area contributed by atoms with E-state index < -0.39 is 0 Å². The van der Waals surface area contributed by atoms with E-state index in [4.69, 9.17) is 0 Å². The topological polar surface area (TPSA) is 59.4 Å². The lowest BCUT2D eigenvalue weighted by atomic mass is 9.97. The molecule has 0 bridgehead atoms. The molecule has 0 radical (unpaired) electrons. The van der Waals surface area contributed by atoms with Crippen LogP contribution < -0.4 is 0 Å². The van der Waals surface area contributed by atoms with Crippen molar-refractivity contribution in [1.29, 1.82) is 0 Å². The van der Waals surface area contributed by atoms with E-state index in [0.717, 1.165) is 27.5 Å². The van der Waals surface area contributed by atoms with Gasteiger partial charge in [-0.05, 0) is 69.6 Å². The van der Waals surface area contributed by atoms with Gasteiger partial charge in [-0.2, -0.15) is 0 Å². The van der Waals surface area contributed by atoms with E-state index in [1.807, 2.05) is 43.4 Å². The lowest BCUT2D eigenvalue weighted by molar-refractivity contribution is 1.17. The molecule has 2 aromatic carbocycles. The van der Waals surface area contributed by atoms with E-state index in [0.29, 0.717) is 0 Å². The largest absolute Gasteiger partial charge is 0.367 e. The second-order valence-corrected chi connectivity index (χ2v) is 9.51. The number of fused-ring (bicyclic) bond motifs is 6. The van der Waals surface area contributed by atoms with Crippen molar-refractivity contribution in [3.63, 3.8) is 0 Å². The highest BCUT2D eigenvalue weighted by atomic mass is 15.0. The van der Waals surface area contributed by atoms with Gasteiger partial charge in [-0.3, -0.25) is 15.0 Å². The van der Waals surface area contributed by atoms with Crippen LogP contribution >= 0.6 is 0 Å². The first kappa shape index (κ1) is 20.9. The van der Waals surface area contributed by atoms with Crippen molar-refractivity contribution in [3.05, 3.63) is 122 Å². The average molecular weight is 488 g/mol. The summed E-state index contributed by atoms with van der Waals surface area (Å²) < 4.78 is 2.28. The summed E-state index contributed by atoms with van der Waals surface area (Å²) in [6, 6.07) is 26.0. The molecule has 0 saturated carbocycles. The van der Waals surface area contributed by atoms with Crippen LogP contribution in [0.4, 0.5) is 0 Å². The summed E-state index contributed by atoms with van der Waals surface area (Å²) in [6.45, 7) is 0. The molecule has 0 fully saturated rings. The fourth-order valence-electron chi connectivity index (χ4n) is 5.77. The van der Waals surface area contributed by atoms with E-state index in [9.17, 15) is 0 Å². The van der Waals surface area contributed by atoms with Crippen LogP contribution in [0.2, 0.25) is 0 Å². The third-order valence-electron chi connectivity index (χ3n) is 7.51. The molecule has 1 aliphatic heterocycles. The highest BCUT2D eigenvalue weighted by Gasteiger charge is 2.18. The second kappa shape index (κ2) is 8.11. The Morgan fingerprint density at radius 1 is 0.500 bits per heavy atom. The Labute approximate surface area is 218 Å². The average Bonchev–Trinajstić information content (AvgIpc) is 3.51. The first-order valence-corrected chi connectivity index (χ1v) is 12.6. The smallest absolute Gasteiger partial charge is 0.0572 e. The van der Waals surface area contributed by atoms with Crippen LogP contribution in [-0.2, 0) is 0 Å². The third kappa shape index (κ3) is 3.02. The van der Waals surface area contributed by atoms with Crippen molar-refractivity contribution >= 4 is 32.6 Å². The SMILES string of the molecule is c1cc2c(-c3ccc(-c4ccc(-n5c6ccncc6c6cnccc65)cc4)cc3)c3cc[nH]cc-3c2cn1. The van der Waals surface area contributed by atoms with E-state index in [2.05, 4.69) is 103 Å². The Bertz CT molecular complexity index is 2010. The minimum absolute atomic E-state index is 1.11. The molecule has 1 N–H and O–H groups in total. The molecule has 0 atom stereocenters. The maximum absolute atomic E-state index is 4.36. The van der Waals surface area contributed by atoms with Crippen molar-refractivity contribution < 1.29 is 0 Å². The van der Waals surface area contributed by atoms with Crippen LogP contribution in [0.3, 0.4) is 0 Å². The van der Waals surface area contributed by atoms with Gasteiger partial charge in [-0.15, -0.1) is 0 Å². The van der Waals surface area contributed by atoms with E-state index in [-0.39, 0.29) is 0 Å². The van der Waals surface area contributed by atoms with Crippen molar-refractivity contribution in [2.24, 2.45) is 0 Å². The number of benzene rings is 2. The summed E-state index contributed by atoms with van der Waals surface area (Å²) in [6.07, 6.45) is 15.4. The summed E-state index contributed by atoms with van der Waals surface area (Å²) in [5, 5.41) is 4.61. The fraction of sp³-hybridized carbons (Fsp3) is 0. The van der Waals surface area contributed by atoms with Crippen LogP contribution in [0, 0.1) is 0 Å². The number of aromatic amines is 1. The number of rotatable bonds is 3. The molecule has 4 aromatic heterocycles. The fourth-order valence-corrected chi connectivity index (χ4v) is 5.77. The van der Waals surface area contributed by atoms with E-state index >= 15 is 0 Å². The summed E-state index contributed by atoms with van der Waals surface area (Å²) in [5.74, 6) is 0. The summed E-state index contributed by atoms with van der Waals surface area (Å²) in [4.78, 5) is 16.3. The molecule has 5 heterocycles. The van der Waals surface area contributed by atoms with Gasteiger partial charge in [-0.25, -0.2) is 0 Å². The Morgan fingerprint density at radius 3 is 1.76 bits per heavy atom. The standard InChI is InChI=1S/C33H21N5/c1-3-23(33-25-9-13-34-17-27(25)28-18-35-14-10-26(28)33)4-2-21(1)22-5-7-24(8-6-22)38-31-11-15-36-19-29(31)30-20-37-16-12-32(30)38/h1-20,34H. The number of H-pyrrole nitrogens is 1. The van der Waals surface area contributed by atoms with Gasteiger partial charge in [0, 0.05) is 77.0 Å². The number of hydrogen-bond donors (Lipinski definition) is 1. The molecular weight excluding hydrogens is 466 g/mol. The van der Waals surface area contributed by atoms with Gasteiger partial charge in [0.25, 0.3) is 0 Å². The van der Waals surface area contributed by atoms with Crippen molar-refractivity contribution in [2.45, 2.75) is 0 Å². The van der Waals surface area contributed by atoms with Gasteiger partial charge in [0.2, 0.25) is 0 Å². The van der Waals surface area contributed by atoms with Crippen LogP contribution in [-0.4, -0.2) is 24.5 Å². The number of aromatic nitrogens is 5. The predicted molar refractivity (Wildman–Crippen MR) is 154 cm³/mol. The number of nitrogens with zero attached hydrogens (tertiary/aromatic N) is 4. The zero-order chi connectivity index (χ0) is 25.1. The van der Waals surface area contributed by atoms with Gasteiger partial charge >= 0.3 is 0 Å². The molecule has 2 aliphatic rings. The van der Waals surface area contributed by atoms with E-state index in [1.54, 1.807) is 0 Å². The molecule has 6 aromatic rings. The molecule has 0 saturated heterocycles. The van der Waals surface area contributed by atoms with Crippen molar-refractivity contribution in [2.75, 3.05) is 0 Å². The molecule has 0 unspecified atom stereocenters. The molecule has 5 heteroatoms. The number of hydrogen-bond acceptors (Lipinski definition) is 3. The van der Waals surface area contributed by atoms with Crippen molar-refractivity contribution in [3.8, 4) is 39.1 Å². The van der Waals surface area contributed by atoms with Crippen LogP contribution in [0.25, 0.3) is 71.6 Å². The molecule has 178 valence electrons. The predicted octanol–water partition coefficient (Wildman–Crippen LogP) is 7.89. The minimum atomic E-state index is 1.11. The molecule has 1 aliphatic carbocycles. The molecular formula is C33H21N5. The number of nitrogens with one attached hydrogen (secondary N) is 1. The van der Waals surface area contributed by atoms with Gasteiger partial charge < -0.3 is 9.55 Å². The summed E-state index contributed by atoms with van der Waals surface area (Å²) >= 11 is 0. The lowest BCUT2D eigenvalue weighted by Crippen LogP contribution is -1.93. The molecule has 0 amide bonds. The van der Waals surface area contributed by atoms with E-state index in [1.165, 1.54) is 44.2 Å². The highest BCUT2D eigenvalue weighted by molar-refractivity contribution is 6.14. The molecule has 0 spiro atoms.